The number of carbonyl (C=O) groups excluding carboxylic acids is 2. The summed E-state index contributed by atoms with van der Waals surface area (Å²) in [4.78, 5) is 26.3. The van der Waals surface area contributed by atoms with E-state index < -0.39 is 17.6 Å². The Morgan fingerprint density at radius 3 is 2.52 bits per heavy atom. The van der Waals surface area contributed by atoms with Gasteiger partial charge < -0.3 is 21.1 Å². The molecule has 0 aliphatic carbocycles. The number of nitrogens with one attached hydrogen (secondary N) is 2. The van der Waals surface area contributed by atoms with E-state index >= 15 is 0 Å². The third-order valence-corrected chi connectivity index (χ3v) is 2.38. The van der Waals surface area contributed by atoms with E-state index in [-0.39, 0.29) is 0 Å². The molecule has 1 rings (SSSR count). The largest absolute Gasteiger partial charge is 0.444 e. The summed E-state index contributed by atoms with van der Waals surface area (Å²) < 4.78 is 5.11. The number of nitrogens with two attached hydrogens (primary N) is 1. The van der Waals surface area contributed by atoms with Crippen LogP contribution in [0.2, 0.25) is 0 Å². The van der Waals surface area contributed by atoms with Crippen molar-refractivity contribution in [3.63, 3.8) is 0 Å². The van der Waals surface area contributed by atoms with Crippen molar-refractivity contribution in [2.24, 2.45) is 5.73 Å². The minimum Gasteiger partial charge on any atom is -0.444 e. The predicted molar refractivity (Wildman–Crippen MR) is 80.1 cm³/mol. The van der Waals surface area contributed by atoms with Crippen LogP contribution >= 0.6 is 0 Å². The summed E-state index contributed by atoms with van der Waals surface area (Å²) in [5, 5.41) is 5.74. The highest BCUT2D eigenvalue weighted by molar-refractivity contribution is 5.92. The molecule has 0 aliphatic rings. The highest BCUT2D eigenvalue weighted by atomic mass is 16.6. The molecule has 0 saturated heterocycles. The number of hydrogen-bond acceptors (Lipinski definition) is 5. The van der Waals surface area contributed by atoms with Gasteiger partial charge in [0.15, 0.2) is 0 Å². The standard InChI is InChI=1S/C14H22N4O3/c1-14(2,3)21-13(20)17-8-4-7-16-11-6-5-10(9-18-11)12(15)19/h5-6,9H,4,7-8H2,1-3H3,(H2,15,19)(H,16,18)(H,17,20). The first-order chi connectivity index (χ1) is 9.78. The Kier molecular flexibility index (Phi) is 5.95. The number of amides is 2. The van der Waals surface area contributed by atoms with Gasteiger partial charge in [0.05, 0.1) is 5.56 Å². The van der Waals surface area contributed by atoms with Gasteiger partial charge in [0.1, 0.15) is 11.4 Å². The van der Waals surface area contributed by atoms with Gasteiger partial charge in [-0.05, 0) is 39.3 Å². The Balaban J connectivity index is 2.19. The number of carbonyl (C=O) groups is 2. The average molecular weight is 294 g/mol. The highest BCUT2D eigenvalue weighted by Gasteiger charge is 2.15. The second kappa shape index (κ2) is 7.47. The number of pyridine rings is 1. The summed E-state index contributed by atoms with van der Waals surface area (Å²) >= 11 is 0. The van der Waals surface area contributed by atoms with Crippen LogP contribution < -0.4 is 16.4 Å². The van der Waals surface area contributed by atoms with E-state index in [1.807, 2.05) is 20.8 Å². The van der Waals surface area contributed by atoms with E-state index in [1.54, 1.807) is 12.1 Å². The highest BCUT2D eigenvalue weighted by Crippen LogP contribution is 2.06. The van der Waals surface area contributed by atoms with Crippen molar-refractivity contribution < 1.29 is 14.3 Å². The van der Waals surface area contributed by atoms with E-state index in [0.29, 0.717) is 24.5 Å². The second-order valence-corrected chi connectivity index (χ2v) is 5.51. The smallest absolute Gasteiger partial charge is 0.407 e. The van der Waals surface area contributed by atoms with Crippen molar-refractivity contribution in [2.45, 2.75) is 32.8 Å². The average Bonchev–Trinajstić information content (AvgIpc) is 2.36. The van der Waals surface area contributed by atoms with Gasteiger partial charge in [-0.1, -0.05) is 0 Å². The quantitative estimate of drug-likeness (QED) is 0.689. The molecular weight excluding hydrogens is 272 g/mol. The van der Waals surface area contributed by atoms with E-state index in [1.165, 1.54) is 6.20 Å². The minimum absolute atomic E-state index is 0.368. The summed E-state index contributed by atoms with van der Waals surface area (Å²) in [6, 6.07) is 3.29. The molecule has 0 fully saturated rings. The molecule has 1 heterocycles. The van der Waals surface area contributed by atoms with Crippen molar-refractivity contribution >= 4 is 17.8 Å². The van der Waals surface area contributed by atoms with Gasteiger partial charge in [0.25, 0.3) is 0 Å². The molecule has 0 saturated carbocycles. The fraction of sp³-hybridized carbons (Fsp3) is 0.500. The summed E-state index contributed by atoms with van der Waals surface area (Å²) in [5.41, 5.74) is 5.00. The van der Waals surface area contributed by atoms with Gasteiger partial charge in [0.2, 0.25) is 5.91 Å². The Morgan fingerprint density at radius 1 is 1.29 bits per heavy atom. The summed E-state index contributed by atoms with van der Waals surface area (Å²) in [6.45, 7) is 6.58. The number of nitrogens with zero attached hydrogens (tertiary/aromatic N) is 1. The fourth-order valence-corrected chi connectivity index (χ4v) is 1.45. The molecule has 7 nitrogen and oxygen atoms in total. The number of aromatic nitrogens is 1. The molecule has 0 atom stereocenters. The van der Waals surface area contributed by atoms with Crippen LogP contribution in [0.3, 0.4) is 0 Å². The number of ether oxygens (including phenoxy) is 1. The fourth-order valence-electron chi connectivity index (χ4n) is 1.45. The lowest BCUT2D eigenvalue weighted by atomic mass is 10.2. The number of anilines is 1. The zero-order valence-corrected chi connectivity index (χ0v) is 12.6. The molecule has 21 heavy (non-hydrogen) atoms. The maximum Gasteiger partial charge on any atom is 0.407 e. The van der Waals surface area contributed by atoms with Crippen molar-refractivity contribution in [3.8, 4) is 0 Å². The van der Waals surface area contributed by atoms with Gasteiger partial charge >= 0.3 is 6.09 Å². The third-order valence-electron chi connectivity index (χ3n) is 2.38. The Bertz CT molecular complexity index is 480. The molecule has 0 radical (unpaired) electrons. The Labute approximate surface area is 124 Å². The Morgan fingerprint density at radius 2 is 2.00 bits per heavy atom. The molecule has 0 aromatic carbocycles. The molecular formula is C14H22N4O3. The van der Waals surface area contributed by atoms with Gasteiger partial charge in [-0.2, -0.15) is 0 Å². The van der Waals surface area contributed by atoms with Gasteiger partial charge in [-0.3, -0.25) is 4.79 Å². The first-order valence-corrected chi connectivity index (χ1v) is 6.74. The van der Waals surface area contributed by atoms with Gasteiger partial charge in [0, 0.05) is 19.3 Å². The van der Waals surface area contributed by atoms with Gasteiger partial charge in [-0.25, -0.2) is 9.78 Å². The molecule has 4 N–H and O–H groups in total. The van der Waals surface area contributed by atoms with Crippen LogP contribution in [0.25, 0.3) is 0 Å². The maximum atomic E-state index is 11.4. The molecule has 2 amide bonds. The first kappa shape index (κ1) is 16.7. The van der Waals surface area contributed by atoms with Crippen LogP contribution in [0.1, 0.15) is 37.6 Å². The van der Waals surface area contributed by atoms with Gasteiger partial charge in [-0.15, -0.1) is 0 Å². The minimum atomic E-state index is -0.504. The van der Waals surface area contributed by atoms with E-state index in [4.69, 9.17) is 10.5 Å². The van der Waals surface area contributed by atoms with Crippen LogP contribution in [0.5, 0.6) is 0 Å². The lowest BCUT2D eigenvalue weighted by Gasteiger charge is -2.19. The maximum absolute atomic E-state index is 11.4. The predicted octanol–water partition coefficient (Wildman–Crippen LogP) is 1.51. The first-order valence-electron chi connectivity index (χ1n) is 6.74. The number of rotatable bonds is 6. The monoisotopic (exact) mass is 294 g/mol. The van der Waals surface area contributed by atoms with E-state index in [2.05, 4.69) is 15.6 Å². The Hall–Kier alpha value is -2.31. The lowest BCUT2D eigenvalue weighted by Crippen LogP contribution is -2.33. The lowest BCUT2D eigenvalue weighted by molar-refractivity contribution is 0.0527. The molecule has 0 aliphatic heterocycles. The topological polar surface area (TPSA) is 106 Å². The van der Waals surface area contributed by atoms with E-state index in [0.717, 1.165) is 6.42 Å². The van der Waals surface area contributed by atoms with Crippen LogP contribution in [0.4, 0.5) is 10.6 Å². The van der Waals surface area contributed by atoms with E-state index in [9.17, 15) is 9.59 Å². The molecule has 0 spiro atoms. The number of primary amides is 1. The molecule has 0 unspecified atom stereocenters. The summed E-state index contributed by atoms with van der Waals surface area (Å²) in [7, 11) is 0. The zero-order chi connectivity index (χ0) is 15.9. The third kappa shape index (κ3) is 7.14. The summed E-state index contributed by atoms with van der Waals surface area (Å²) in [6.07, 6.45) is 1.72. The molecule has 116 valence electrons. The normalized spacial score (nSPS) is 10.8. The number of hydrogen-bond donors (Lipinski definition) is 3. The second-order valence-electron chi connectivity index (χ2n) is 5.51. The molecule has 1 aromatic heterocycles. The van der Waals surface area contributed by atoms with Crippen molar-refractivity contribution in [2.75, 3.05) is 18.4 Å². The zero-order valence-electron chi connectivity index (χ0n) is 12.6. The van der Waals surface area contributed by atoms with Crippen LogP contribution in [-0.4, -0.2) is 35.7 Å². The SMILES string of the molecule is CC(C)(C)OC(=O)NCCCNc1ccc(C(N)=O)cn1. The molecule has 1 aromatic rings. The van der Waals surface area contributed by atoms with Crippen LogP contribution in [0, 0.1) is 0 Å². The van der Waals surface area contributed by atoms with Crippen molar-refractivity contribution in [1.29, 1.82) is 0 Å². The molecule has 7 heteroatoms. The summed E-state index contributed by atoms with van der Waals surface area (Å²) in [5.74, 6) is 0.146. The van der Waals surface area contributed by atoms with Crippen LogP contribution in [0.15, 0.2) is 18.3 Å². The molecule has 0 bridgehead atoms. The number of alkyl carbamates (subject to hydrolysis) is 1. The van der Waals surface area contributed by atoms with Crippen molar-refractivity contribution in [3.05, 3.63) is 23.9 Å². The van der Waals surface area contributed by atoms with Crippen molar-refractivity contribution in [1.82, 2.24) is 10.3 Å². The van der Waals surface area contributed by atoms with Crippen LogP contribution in [-0.2, 0) is 4.74 Å².